The largest absolute Gasteiger partial charge is 0.471 e. The van der Waals surface area contributed by atoms with Crippen LogP contribution < -0.4 is 21.1 Å². The summed E-state index contributed by atoms with van der Waals surface area (Å²) in [6, 6.07) is 2.65. The van der Waals surface area contributed by atoms with Gasteiger partial charge < -0.3 is 20.9 Å². The molecule has 27 heavy (non-hydrogen) atoms. The molecule has 10 heteroatoms. The van der Waals surface area contributed by atoms with Crippen LogP contribution in [0.15, 0.2) is 12.1 Å². The van der Waals surface area contributed by atoms with E-state index >= 15 is 0 Å². The zero-order valence-corrected chi connectivity index (χ0v) is 15.8. The summed E-state index contributed by atoms with van der Waals surface area (Å²) in [7, 11) is 0. The van der Waals surface area contributed by atoms with Gasteiger partial charge in [0, 0.05) is 18.7 Å². The van der Waals surface area contributed by atoms with E-state index in [4.69, 9.17) is 15.6 Å². The maximum Gasteiger partial charge on any atom is 0.319 e. The van der Waals surface area contributed by atoms with Gasteiger partial charge in [-0.15, -0.1) is 0 Å². The van der Waals surface area contributed by atoms with Gasteiger partial charge in [-0.2, -0.15) is 4.37 Å². The van der Waals surface area contributed by atoms with Crippen LogP contribution in [0.2, 0.25) is 0 Å². The number of nitrogens with one attached hydrogen (secondary N) is 2. The first-order chi connectivity index (χ1) is 12.8. The van der Waals surface area contributed by atoms with Crippen LogP contribution in [0, 0.1) is 19.7 Å². The number of carbonyl (C=O) groups excluding carboxylic acids is 2. The van der Waals surface area contributed by atoms with Crippen molar-refractivity contribution in [2.24, 2.45) is 5.73 Å². The fourth-order valence-electron chi connectivity index (χ4n) is 2.37. The van der Waals surface area contributed by atoms with E-state index < -0.39 is 17.8 Å². The molecule has 0 saturated carbocycles. The number of aliphatic hydroxyl groups excluding tert-OH is 1. The van der Waals surface area contributed by atoms with E-state index in [2.05, 4.69) is 15.0 Å². The SMILES string of the molecule is Cc1cc(C)c(COc2nsc(NC(=O)NCCCO)c2C(N)=O)c(F)c1. The van der Waals surface area contributed by atoms with Crippen molar-refractivity contribution >= 4 is 28.5 Å². The average molecular weight is 396 g/mol. The molecular formula is C17H21FN4O4S. The quantitative estimate of drug-likeness (QED) is 0.508. The Morgan fingerprint density at radius 3 is 2.74 bits per heavy atom. The Morgan fingerprint density at radius 1 is 1.37 bits per heavy atom. The number of rotatable bonds is 8. The Kier molecular flexibility index (Phi) is 7.08. The Hall–Kier alpha value is -2.72. The second-order valence-electron chi connectivity index (χ2n) is 5.85. The molecule has 2 aromatic rings. The molecule has 2 rings (SSSR count). The second-order valence-corrected chi connectivity index (χ2v) is 6.62. The molecule has 0 aliphatic heterocycles. The Labute approximate surface area is 159 Å². The Balaban J connectivity index is 2.13. The summed E-state index contributed by atoms with van der Waals surface area (Å²) in [5.74, 6) is -1.31. The molecule has 5 N–H and O–H groups in total. The highest BCUT2D eigenvalue weighted by atomic mass is 32.1. The van der Waals surface area contributed by atoms with Crippen molar-refractivity contribution in [2.75, 3.05) is 18.5 Å². The minimum absolute atomic E-state index is 0.0552. The molecule has 0 aliphatic rings. The molecule has 1 heterocycles. The number of nitrogens with zero attached hydrogens (tertiary/aromatic N) is 1. The molecule has 0 bridgehead atoms. The summed E-state index contributed by atoms with van der Waals surface area (Å²) in [5, 5.41) is 13.8. The van der Waals surface area contributed by atoms with Crippen LogP contribution in [-0.4, -0.2) is 34.6 Å². The first-order valence-electron chi connectivity index (χ1n) is 8.17. The number of ether oxygens (including phenoxy) is 1. The zero-order valence-electron chi connectivity index (χ0n) is 15.0. The lowest BCUT2D eigenvalue weighted by Crippen LogP contribution is -2.30. The number of anilines is 1. The van der Waals surface area contributed by atoms with Gasteiger partial charge in [-0.25, -0.2) is 9.18 Å². The first kappa shape index (κ1) is 20.6. The van der Waals surface area contributed by atoms with E-state index in [1.807, 2.05) is 6.07 Å². The number of amides is 3. The normalized spacial score (nSPS) is 10.5. The summed E-state index contributed by atoms with van der Waals surface area (Å²) in [6.07, 6.45) is 0.397. The van der Waals surface area contributed by atoms with Crippen LogP contribution in [0.3, 0.4) is 0 Å². The van der Waals surface area contributed by atoms with E-state index in [0.717, 1.165) is 17.1 Å². The fourth-order valence-corrected chi connectivity index (χ4v) is 3.11. The van der Waals surface area contributed by atoms with Gasteiger partial charge in [0.2, 0.25) is 5.88 Å². The molecule has 0 saturated heterocycles. The second kappa shape index (κ2) is 9.28. The lowest BCUT2D eigenvalue weighted by Gasteiger charge is -2.10. The number of halogens is 1. The van der Waals surface area contributed by atoms with Crippen LogP contribution >= 0.6 is 11.5 Å². The number of primary amides is 1. The molecular weight excluding hydrogens is 375 g/mol. The smallest absolute Gasteiger partial charge is 0.319 e. The summed E-state index contributed by atoms with van der Waals surface area (Å²) < 4.78 is 23.6. The molecule has 0 unspecified atom stereocenters. The number of urea groups is 1. The number of aliphatic hydroxyl groups is 1. The molecule has 8 nitrogen and oxygen atoms in total. The molecule has 0 fully saturated rings. The summed E-state index contributed by atoms with van der Waals surface area (Å²) in [4.78, 5) is 23.6. The van der Waals surface area contributed by atoms with E-state index in [1.165, 1.54) is 6.07 Å². The highest BCUT2D eigenvalue weighted by Gasteiger charge is 2.22. The highest BCUT2D eigenvalue weighted by molar-refractivity contribution is 7.11. The summed E-state index contributed by atoms with van der Waals surface area (Å²) in [6.45, 7) is 3.62. The van der Waals surface area contributed by atoms with E-state index in [0.29, 0.717) is 17.5 Å². The predicted molar refractivity (Wildman–Crippen MR) is 99.6 cm³/mol. The molecule has 1 aromatic heterocycles. The fraction of sp³-hybridized carbons (Fsp3) is 0.353. The Bertz CT molecular complexity index is 817. The van der Waals surface area contributed by atoms with Crippen LogP contribution in [0.4, 0.5) is 14.2 Å². The van der Waals surface area contributed by atoms with Gasteiger partial charge >= 0.3 is 6.03 Å². The predicted octanol–water partition coefficient (Wildman–Crippen LogP) is 2.08. The number of hydrogen-bond acceptors (Lipinski definition) is 6. The molecule has 3 amide bonds. The first-order valence-corrected chi connectivity index (χ1v) is 8.94. The van der Waals surface area contributed by atoms with Gasteiger partial charge in [0.15, 0.2) is 0 Å². The van der Waals surface area contributed by atoms with Crippen LogP contribution in [-0.2, 0) is 6.61 Å². The lowest BCUT2D eigenvalue weighted by atomic mass is 10.1. The molecule has 1 aromatic carbocycles. The standard InChI is InChI=1S/C17H21FN4O4S/c1-9-6-10(2)11(12(18)7-9)8-26-15-13(14(19)24)16(27-22-15)21-17(25)20-4-3-5-23/h6-7,23H,3-5,8H2,1-2H3,(H2,19,24)(H2,20,21,25). The third-order valence-electron chi connectivity index (χ3n) is 3.67. The summed E-state index contributed by atoms with van der Waals surface area (Å²) >= 11 is 0.827. The minimum atomic E-state index is -0.828. The van der Waals surface area contributed by atoms with Gasteiger partial charge in [-0.05, 0) is 49.0 Å². The number of benzene rings is 1. The van der Waals surface area contributed by atoms with Crippen LogP contribution in [0.5, 0.6) is 5.88 Å². The summed E-state index contributed by atoms with van der Waals surface area (Å²) in [5.41, 5.74) is 7.14. The third-order valence-corrected chi connectivity index (χ3v) is 4.42. The van der Waals surface area contributed by atoms with Crippen molar-refractivity contribution in [3.8, 4) is 5.88 Å². The van der Waals surface area contributed by atoms with Crippen molar-refractivity contribution in [1.29, 1.82) is 0 Å². The molecule has 146 valence electrons. The van der Waals surface area contributed by atoms with Crippen molar-refractivity contribution in [3.63, 3.8) is 0 Å². The van der Waals surface area contributed by atoms with Gasteiger partial charge in [0.05, 0.1) is 0 Å². The minimum Gasteiger partial charge on any atom is -0.471 e. The molecule has 0 aliphatic carbocycles. The van der Waals surface area contributed by atoms with Crippen LogP contribution in [0.1, 0.15) is 33.5 Å². The van der Waals surface area contributed by atoms with Gasteiger partial charge in [0.1, 0.15) is 23.0 Å². The van der Waals surface area contributed by atoms with Crippen molar-refractivity contribution in [3.05, 3.63) is 40.2 Å². The Morgan fingerprint density at radius 2 is 2.11 bits per heavy atom. The topological polar surface area (TPSA) is 127 Å². The third kappa shape index (κ3) is 5.38. The monoisotopic (exact) mass is 396 g/mol. The molecule has 0 radical (unpaired) electrons. The number of carbonyl (C=O) groups is 2. The highest BCUT2D eigenvalue weighted by Crippen LogP contribution is 2.31. The number of aromatic nitrogens is 1. The van der Waals surface area contributed by atoms with E-state index in [9.17, 15) is 14.0 Å². The molecule has 0 spiro atoms. The van der Waals surface area contributed by atoms with Gasteiger partial charge in [-0.3, -0.25) is 10.1 Å². The van der Waals surface area contributed by atoms with Gasteiger partial charge in [-0.1, -0.05) is 6.07 Å². The van der Waals surface area contributed by atoms with Crippen molar-refractivity contribution in [1.82, 2.24) is 9.69 Å². The van der Waals surface area contributed by atoms with E-state index in [1.54, 1.807) is 13.8 Å². The number of aryl methyl sites for hydroxylation is 2. The number of hydrogen-bond donors (Lipinski definition) is 4. The van der Waals surface area contributed by atoms with Crippen LogP contribution in [0.25, 0.3) is 0 Å². The van der Waals surface area contributed by atoms with Crippen molar-refractivity contribution in [2.45, 2.75) is 26.9 Å². The molecule has 0 atom stereocenters. The van der Waals surface area contributed by atoms with Crippen molar-refractivity contribution < 1.29 is 23.8 Å². The average Bonchev–Trinajstić information content (AvgIpc) is 2.96. The zero-order chi connectivity index (χ0) is 20.0. The maximum absolute atomic E-state index is 14.1. The van der Waals surface area contributed by atoms with E-state index in [-0.39, 0.29) is 36.2 Å². The maximum atomic E-state index is 14.1. The van der Waals surface area contributed by atoms with Gasteiger partial charge in [0.25, 0.3) is 5.91 Å². The lowest BCUT2D eigenvalue weighted by molar-refractivity contribution is 0.0996. The number of nitrogens with two attached hydrogens (primary N) is 1.